The van der Waals surface area contributed by atoms with Crippen LogP contribution in [0.3, 0.4) is 0 Å². The Hall–Kier alpha value is -1.68. The number of nitrogens with zero attached hydrogens (tertiary/aromatic N) is 4. The lowest BCUT2D eigenvalue weighted by Gasteiger charge is -2.11. The van der Waals surface area contributed by atoms with Gasteiger partial charge in [0, 0.05) is 26.2 Å². The first-order chi connectivity index (χ1) is 6.83. The van der Waals surface area contributed by atoms with Gasteiger partial charge in [-0.2, -0.15) is 0 Å². The molecule has 0 saturated carbocycles. The molecular formula is C4H14N6O4. The largest absolute Gasteiger partial charge is 0.392 e. The molecule has 0 radical (unpaired) electrons. The number of rotatable bonds is 0. The average molecular weight is 210 g/mol. The Morgan fingerprint density at radius 1 is 0.571 bits per heavy atom. The Kier molecular flexibility index (Phi) is 18.4. The highest BCUT2D eigenvalue weighted by atomic mass is 16.6. The van der Waals surface area contributed by atoms with Crippen LogP contribution in [0, 0.1) is 0 Å². The maximum Gasteiger partial charge on any atom is 0.0606 e. The first kappa shape index (κ1) is 14.8. The molecule has 10 heteroatoms. The number of nitrogens with one attached hydrogen (secondary N) is 2. The van der Waals surface area contributed by atoms with E-state index < -0.39 is 0 Å². The summed E-state index contributed by atoms with van der Waals surface area (Å²) in [4.78, 5) is 0. The fraction of sp³-hybridized carbons (Fsp3) is 1.00. The number of hydrogen-bond donors (Lipinski definition) is 6. The molecule has 0 bridgehead atoms. The van der Waals surface area contributed by atoms with E-state index in [9.17, 15) is 0 Å². The minimum absolute atomic E-state index is 1.14. The molecule has 0 spiro atoms. The van der Waals surface area contributed by atoms with Crippen LogP contribution in [0.15, 0.2) is 21.1 Å². The molecule has 14 heavy (non-hydrogen) atoms. The van der Waals surface area contributed by atoms with E-state index in [2.05, 4.69) is 10.6 Å². The molecule has 1 saturated heterocycles. The molecule has 0 aromatic rings. The van der Waals surface area contributed by atoms with Crippen molar-refractivity contribution in [1.29, 1.82) is 0 Å². The number of piperazine rings is 1. The molecule has 0 atom stereocenters. The normalized spacial score (nSPS) is 15.4. The molecule has 6 N–H and O–H groups in total. The van der Waals surface area contributed by atoms with Crippen molar-refractivity contribution < 1.29 is 20.8 Å². The van der Waals surface area contributed by atoms with Gasteiger partial charge in [0.05, 0.1) is 21.1 Å². The van der Waals surface area contributed by atoms with Crippen LogP contribution in [0.25, 0.3) is 0 Å². The van der Waals surface area contributed by atoms with Crippen molar-refractivity contribution in [2.75, 3.05) is 26.2 Å². The van der Waals surface area contributed by atoms with E-state index in [1.54, 1.807) is 0 Å². The Balaban J connectivity index is 0. The molecule has 1 heterocycles. The summed E-state index contributed by atoms with van der Waals surface area (Å²) in [5.74, 6) is 0. The fourth-order valence-corrected chi connectivity index (χ4v) is 0.604. The van der Waals surface area contributed by atoms with Gasteiger partial charge in [0.1, 0.15) is 0 Å². The summed E-state index contributed by atoms with van der Waals surface area (Å²) in [6.45, 7) is 4.56. The van der Waals surface area contributed by atoms with Crippen LogP contribution >= 0.6 is 0 Å². The first-order valence-electron chi connectivity index (χ1n) is 3.61. The minimum atomic E-state index is 1.14. The lowest BCUT2D eigenvalue weighted by molar-refractivity contribution is 0.177. The predicted octanol–water partition coefficient (Wildman–Crippen LogP) is -0.387. The standard InChI is InChI=1S/C4H10N2.2H2N2O2/c1-2-6-4-3-5-1;2*3-1-2-4/h5-6H,1-4H2;2*(H,1,4)(H,2,3). The summed E-state index contributed by atoms with van der Waals surface area (Å²) >= 11 is 0. The van der Waals surface area contributed by atoms with E-state index in [0.29, 0.717) is 0 Å². The molecule has 1 aliphatic heterocycles. The summed E-state index contributed by atoms with van der Waals surface area (Å²) in [6.07, 6.45) is 0. The SMILES string of the molecule is C1CNCCN1.ON=NO.ON=NO. The lowest BCUT2D eigenvalue weighted by atomic mass is 10.4. The van der Waals surface area contributed by atoms with Crippen molar-refractivity contribution in [3.63, 3.8) is 0 Å². The molecule has 1 aliphatic rings. The summed E-state index contributed by atoms with van der Waals surface area (Å²) in [6, 6.07) is 0. The molecule has 1 rings (SSSR count). The summed E-state index contributed by atoms with van der Waals surface area (Å²) < 4.78 is 0. The topological polar surface area (TPSA) is 154 Å². The molecule has 0 unspecified atom stereocenters. The highest BCUT2D eigenvalue weighted by Crippen LogP contribution is 1.65. The van der Waals surface area contributed by atoms with Crippen molar-refractivity contribution >= 4 is 0 Å². The van der Waals surface area contributed by atoms with E-state index in [-0.39, 0.29) is 0 Å². The Morgan fingerprint density at radius 2 is 0.786 bits per heavy atom. The molecule has 1 fully saturated rings. The average Bonchev–Trinajstić information content (AvgIpc) is 2.32. The van der Waals surface area contributed by atoms with Crippen molar-refractivity contribution in [3.8, 4) is 0 Å². The van der Waals surface area contributed by atoms with E-state index in [0.717, 1.165) is 26.2 Å². The smallest absolute Gasteiger partial charge is 0.0606 e. The van der Waals surface area contributed by atoms with Crippen LogP contribution in [-0.2, 0) is 0 Å². The molecule has 0 amide bonds. The van der Waals surface area contributed by atoms with Gasteiger partial charge in [-0.1, -0.05) is 0 Å². The zero-order valence-corrected chi connectivity index (χ0v) is 7.41. The Bertz CT molecular complexity index is 108. The first-order valence-corrected chi connectivity index (χ1v) is 3.61. The molecule has 84 valence electrons. The fourth-order valence-electron chi connectivity index (χ4n) is 0.604. The van der Waals surface area contributed by atoms with E-state index in [1.807, 2.05) is 21.1 Å². The third kappa shape index (κ3) is 22.4. The second kappa shape index (κ2) is 17.4. The van der Waals surface area contributed by atoms with Gasteiger partial charge >= 0.3 is 0 Å². The van der Waals surface area contributed by atoms with Gasteiger partial charge in [-0.3, -0.25) is 0 Å². The van der Waals surface area contributed by atoms with Crippen LogP contribution in [0.5, 0.6) is 0 Å². The maximum absolute atomic E-state index is 7.08. The zero-order chi connectivity index (χ0) is 11.1. The van der Waals surface area contributed by atoms with E-state index >= 15 is 0 Å². The van der Waals surface area contributed by atoms with Gasteiger partial charge in [-0.25, -0.2) is 0 Å². The van der Waals surface area contributed by atoms with Gasteiger partial charge in [-0.15, -0.1) is 0 Å². The van der Waals surface area contributed by atoms with E-state index in [1.165, 1.54) is 0 Å². The maximum atomic E-state index is 7.08. The van der Waals surface area contributed by atoms with Crippen molar-refractivity contribution in [2.24, 2.45) is 21.1 Å². The van der Waals surface area contributed by atoms with Crippen molar-refractivity contribution in [2.45, 2.75) is 0 Å². The van der Waals surface area contributed by atoms with Crippen LogP contribution < -0.4 is 10.6 Å². The highest BCUT2D eigenvalue weighted by molar-refractivity contribution is 4.59. The quantitative estimate of drug-likeness (QED) is 0.236. The van der Waals surface area contributed by atoms with Crippen LogP contribution in [0.2, 0.25) is 0 Å². The molecule has 0 aromatic heterocycles. The summed E-state index contributed by atoms with van der Waals surface area (Å²) in [7, 11) is 0. The van der Waals surface area contributed by atoms with E-state index in [4.69, 9.17) is 20.8 Å². The molecule has 0 aromatic carbocycles. The monoisotopic (exact) mass is 210 g/mol. The second-order valence-corrected chi connectivity index (χ2v) is 1.86. The molecule has 0 aliphatic carbocycles. The van der Waals surface area contributed by atoms with Crippen LogP contribution in [-0.4, -0.2) is 47.0 Å². The highest BCUT2D eigenvalue weighted by Gasteiger charge is 1.91. The van der Waals surface area contributed by atoms with Crippen LogP contribution in [0.1, 0.15) is 0 Å². The van der Waals surface area contributed by atoms with Crippen molar-refractivity contribution in [3.05, 3.63) is 0 Å². The molecule has 10 nitrogen and oxygen atoms in total. The van der Waals surface area contributed by atoms with Crippen molar-refractivity contribution in [1.82, 2.24) is 10.6 Å². The summed E-state index contributed by atoms with van der Waals surface area (Å²) in [5.41, 5.74) is 0. The Morgan fingerprint density at radius 3 is 0.857 bits per heavy atom. The van der Waals surface area contributed by atoms with Gasteiger partial charge in [0.25, 0.3) is 0 Å². The molecular weight excluding hydrogens is 196 g/mol. The van der Waals surface area contributed by atoms with Gasteiger partial charge in [0.2, 0.25) is 0 Å². The predicted molar refractivity (Wildman–Crippen MR) is 42.6 cm³/mol. The number of hydrogen-bond acceptors (Lipinski definition) is 6. The third-order valence-corrected chi connectivity index (χ3v) is 1.04. The Labute approximate surface area is 79.8 Å². The van der Waals surface area contributed by atoms with Crippen LogP contribution in [0.4, 0.5) is 0 Å². The second-order valence-electron chi connectivity index (χ2n) is 1.86. The third-order valence-electron chi connectivity index (χ3n) is 1.04. The minimum Gasteiger partial charge on any atom is -0.392 e. The summed E-state index contributed by atoms with van der Waals surface area (Å²) in [5, 5.41) is 42.4. The zero-order valence-electron chi connectivity index (χ0n) is 7.41. The van der Waals surface area contributed by atoms with Gasteiger partial charge in [-0.05, 0) is 0 Å². The van der Waals surface area contributed by atoms with Gasteiger partial charge in [0.15, 0.2) is 0 Å². The lowest BCUT2D eigenvalue weighted by Crippen LogP contribution is -2.39. The van der Waals surface area contributed by atoms with Gasteiger partial charge < -0.3 is 31.5 Å².